The van der Waals surface area contributed by atoms with Gasteiger partial charge in [-0.3, -0.25) is 9.11 Å². The van der Waals surface area contributed by atoms with Crippen molar-refractivity contribution in [1.82, 2.24) is 0 Å². The van der Waals surface area contributed by atoms with Gasteiger partial charge in [-0.25, -0.2) is 4.39 Å². The van der Waals surface area contributed by atoms with Gasteiger partial charge in [0, 0.05) is 5.56 Å². The maximum atomic E-state index is 12.6. The molecule has 0 radical (unpaired) electrons. The molecule has 0 saturated carbocycles. The fourth-order valence-electron chi connectivity index (χ4n) is 0.772. The van der Waals surface area contributed by atoms with Crippen LogP contribution in [0.25, 0.3) is 0 Å². The lowest BCUT2D eigenvalue weighted by atomic mass is 10.2. The maximum Gasteiger partial charge on any atom is 0.430 e. The van der Waals surface area contributed by atoms with Crippen molar-refractivity contribution in [1.29, 1.82) is 0 Å². The standard InChI is InChI=1S/C7H7FO3S2/c8-7-3-1-2-6(4-7)5-12-13(9,10)11/h1-4H,5H2,(H-,9,10,11)/p+1. The van der Waals surface area contributed by atoms with Gasteiger partial charge in [-0.2, -0.15) is 4.21 Å². The van der Waals surface area contributed by atoms with Crippen LogP contribution < -0.4 is 0 Å². The van der Waals surface area contributed by atoms with Gasteiger partial charge in [-0.1, -0.05) is 12.1 Å². The Balaban J connectivity index is 2.82. The summed E-state index contributed by atoms with van der Waals surface area (Å²) in [5.41, 5.74) is 0.556. The van der Waals surface area contributed by atoms with Crippen molar-refractivity contribution < 1.29 is 17.7 Å². The molecule has 0 bridgehead atoms. The highest BCUT2D eigenvalue weighted by atomic mass is 32.9. The lowest BCUT2D eigenvalue weighted by Gasteiger charge is -1.89. The van der Waals surface area contributed by atoms with E-state index in [4.69, 9.17) is 9.11 Å². The molecule has 0 aliphatic rings. The normalized spacial score (nSPS) is 11.3. The number of hydrogen-bond acceptors (Lipinski definition) is 1. The van der Waals surface area contributed by atoms with Crippen LogP contribution in [0.1, 0.15) is 5.56 Å². The number of hydrogen-bond donors (Lipinski definition) is 2. The van der Waals surface area contributed by atoms with E-state index in [0.29, 0.717) is 15.9 Å². The molecule has 0 amide bonds. The van der Waals surface area contributed by atoms with E-state index in [2.05, 4.69) is 0 Å². The molecule has 0 unspecified atom stereocenters. The largest absolute Gasteiger partial charge is 0.430 e. The van der Waals surface area contributed by atoms with Crippen LogP contribution in [0.3, 0.4) is 0 Å². The second-order valence-electron chi connectivity index (χ2n) is 2.34. The summed E-state index contributed by atoms with van der Waals surface area (Å²) in [6, 6.07) is 5.64. The second kappa shape index (κ2) is 4.10. The summed E-state index contributed by atoms with van der Waals surface area (Å²) >= 11 is 0. The van der Waals surface area contributed by atoms with Gasteiger partial charge in [-0.15, -0.1) is 0 Å². The Morgan fingerprint density at radius 3 is 2.69 bits per heavy atom. The van der Waals surface area contributed by atoms with E-state index in [1.54, 1.807) is 6.07 Å². The monoisotopic (exact) mass is 223 g/mol. The highest BCUT2D eigenvalue weighted by Crippen LogP contribution is 2.04. The summed E-state index contributed by atoms with van der Waals surface area (Å²) in [5.74, 6) is -0.302. The minimum absolute atomic E-state index is 0.101. The summed E-state index contributed by atoms with van der Waals surface area (Å²) in [6.45, 7) is 0. The van der Waals surface area contributed by atoms with Crippen molar-refractivity contribution in [3.05, 3.63) is 35.6 Å². The molecule has 0 atom stereocenters. The zero-order chi connectivity index (χ0) is 9.90. The van der Waals surface area contributed by atoms with Gasteiger partial charge in [0.1, 0.15) is 5.82 Å². The minimum atomic E-state index is -3.79. The van der Waals surface area contributed by atoms with E-state index < -0.39 is 14.9 Å². The average molecular weight is 223 g/mol. The summed E-state index contributed by atoms with van der Waals surface area (Å²) < 4.78 is 40.0. The molecule has 0 aliphatic carbocycles. The van der Waals surface area contributed by atoms with Crippen molar-refractivity contribution >= 4 is 19.4 Å². The van der Waals surface area contributed by atoms with Crippen molar-refractivity contribution in [2.75, 3.05) is 0 Å². The Hall–Kier alpha value is -0.560. The van der Waals surface area contributed by atoms with Gasteiger partial charge in [0.25, 0.3) is 10.3 Å². The minimum Gasteiger partial charge on any atom is -0.251 e. The molecule has 0 aliphatic heterocycles. The quantitative estimate of drug-likeness (QED) is 0.748. The molecule has 1 rings (SSSR count). The van der Waals surface area contributed by atoms with Crippen LogP contribution in [0.15, 0.2) is 24.3 Å². The van der Waals surface area contributed by atoms with Crippen LogP contribution in [-0.4, -0.2) is 13.3 Å². The summed E-state index contributed by atoms with van der Waals surface area (Å²) in [4.78, 5) is 0. The first kappa shape index (κ1) is 10.5. The highest BCUT2D eigenvalue weighted by Gasteiger charge is 2.10. The number of halogens is 1. The van der Waals surface area contributed by atoms with E-state index in [-0.39, 0.29) is 5.75 Å². The first-order valence-electron chi connectivity index (χ1n) is 3.35. The van der Waals surface area contributed by atoms with Crippen LogP contribution in [-0.2, 0) is 25.1 Å². The van der Waals surface area contributed by atoms with E-state index in [1.807, 2.05) is 0 Å². The number of benzene rings is 1. The smallest absolute Gasteiger partial charge is 0.251 e. The molecule has 1 aromatic rings. The zero-order valence-electron chi connectivity index (χ0n) is 6.51. The predicted molar refractivity (Wildman–Crippen MR) is 50.9 cm³/mol. The fraction of sp³-hybridized carbons (Fsp3) is 0.143. The lowest BCUT2D eigenvalue weighted by Crippen LogP contribution is -1.97. The zero-order valence-corrected chi connectivity index (χ0v) is 8.15. The van der Waals surface area contributed by atoms with E-state index in [1.165, 1.54) is 18.2 Å². The molecule has 13 heavy (non-hydrogen) atoms. The van der Waals surface area contributed by atoms with Gasteiger partial charge < -0.3 is 0 Å². The molecular weight excluding hydrogens is 215 g/mol. The second-order valence-corrected chi connectivity index (χ2v) is 5.77. The molecule has 0 heterocycles. The molecule has 1 aromatic carbocycles. The third-order valence-corrected chi connectivity index (χ3v) is 3.30. The Kier molecular flexibility index (Phi) is 3.32. The third kappa shape index (κ3) is 4.28. The Bertz CT molecular complexity index is 402. The predicted octanol–water partition coefficient (Wildman–Crippen LogP) is 1.55. The molecule has 3 nitrogen and oxygen atoms in total. The summed E-state index contributed by atoms with van der Waals surface area (Å²) in [5, 5.41) is 0. The molecule has 0 spiro atoms. The van der Waals surface area contributed by atoms with Crippen LogP contribution in [0.4, 0.5) is 4.39 Å². The van der Waals surface area contributed by atoms with Crippen molar-refractivity contribution in [2.45, 2.75) is 5.75 Å². The Morgan fingerprint density at radius 2 is 2.15 bits per heavy atom. The molecular formula is C7H8FO3S2+. The molecule has 2 N–H and O–H groups in total. The van der Waals surface area contributed by atoms with Crippen LogP contribution in [0.2, 0.25) is 0 Å². The first-order valence-corrected chi connectivity index (χ1v) is 6.33. The van der Waals surface area contributed by atoms with Crippen LogP contribution in [0, 0.1) is 5.82 Å². The third-order valence-electron chi connectivity index (χ3n) is 1.27. The Labute approximate surface area is 78.9 Å². The van der Waals surface area contributed by atoms with Crippen molar-refractivity contribution in [3.63, 3.8) is 0 Å². The molecule has 0 aromatic heterocycles. The van der Waals surface area contributed by atoms with Crippen LogP contribution in [0.5, 0.6) is 0 Å². The lowest BCUT2D eigenvalue weighted by molar-refractivity contribution is 0.450. The molecule has 0 saturated heterocycles. The summed E-state index contributed by atoms with van der Waals surface area (Å²) in [6.07, 6.45) is 0. The van der Waals surface area contributed by atoms with Gasteiger partial charge in [0.05, 0.1) is 0 Å². The van der Waals surface area contributed by atoms with Crippen molar-refractivity contribution in [2.24, 2.45) is 0 Å². The summed E-state index contributed by atoms with van der Waals surface area (Å²) in [7, 11) is -3.32. The topological polar surface area (TPSA) is 57.5 Å². The van der Waals surface area contributed by atoms with Gasteiger partial charge >= 0.3 is 9.05 Å². The van der Waals surface area contributed by atoms with Gasteiger partial charge in [0.2, 0.25) is 5.75 Å². The SMILES string of the molecule is O=S(O)(O)=[S+]Cc1cccc(F)c1. The van der Waals surface area contributed by atoms with E-state index in [0.717, 1.165) is 0 Å². The van der Waals surface area contributed by atoms with Gasteiger partial charge in [-0.05, 0) is 12.1 Å². The average Bonchev–Trinajstić information content (AvgIpc) is 2.00. The fourth-order valence-corrected chi connectivity index (χ4v) is 2.11. The number of rotatable bonds is 2. The van der Waals surface area contributed by atoms with E-state index in [9.17, 15) is 8.60 Å². The van der Waals surface area contributed by atoms with Gasteiger partial charge in [0.15, 0.2) is 0 Å². The maximum absolute atomic E-state index is 12.6. The van der Waals surface area contributed by atoms with Crippen molar-refractivity contribution in [3.8, 4) is 0 Å². The van der Waals surface area contributed by atoms with E-state index >= 15 is 0 Å². The Morgan fingerprint density at radius 1 is 1.46 bits per heavy atom. The molecule has 6 heteroatoms. The molecule has 0 fully saturated rings. The first-order chi connectivity index (χ1) is 5.97. The highest BCUT2D eigenvalue weighted by molar-refractivity contribution is 8.33. The molecule has 72 valence electrons. The van der Waals surface area contributed by atoms with Crippen LogP contribution >= 0.6 is 0 Å².